The van der Waals surface area contributed by atoms with Gasteiger partial charge in [0, 0.05) is 18.9 Å². The quantitative estimate of drug-likeness (QED) is 0.746. The van der Waals surface area contributed by atoms with Crippen LogP contribution in [0.2, 0.25) is 0 Å². The van der Waals surface area contributed by atoms with Gasteiger partial charge in [0.25, 0.3) is 5.91 Å². The van der Waals surface area contributed by atoms with Gasteiger partial charge in [0.15, 0.2) is 0 Å². The fraction of sp³-hybridized carbons (Fsp3) is 0.154. The molecule has 0 spiro atoms. The number of nitrogens with one attached hydrogen (secondary N) is 1. The molecule has 2 heterocycles. The van der Waals surface area contributed by atoms with Gasteiger partial charge in [-0.05, 0) is 35.3 Å². The molecule has 1 aliphatic heterocycles. The van der Waals surface area contributed by atoms with Crippen LogP contribution in [0.4, 0.5) is 0 Å². The number of fused-ring (bicyclic) bond motifs is 1. The lowest BCUT2D eigenvalue weighted by molar-refractivity contribution is 0.0956. The summed E-state index contributed by atoms with van der Waals surface area (Å²) in [6, 6.07) is 9.23. The Hall–Kier alpha value is -2.05. The van der Waals surface area contributed by atoms with Crippen LogP contribution in [0.3, 0.4) is 0 Å². The number of rotatable bonds is 2. The molecule has 0 aliphatic carbocycles. The first kappa shape index (κ1) is 12.0. The summed E-state index contributed by atoms with van der Waals surface area (Å²) in [6.07, 6.45) is 1.81. The highest BCUT2D eigenvalue weighted by Gasteiger charge is 2.27. The molecule has 5 nitrogen and oxygen atoms in total. The lowest BCUT2D eigenvalue weighted by Gasteiger charge is -2.10. The van der Waals surface area contributed by atoms with Crippen molar-refractivity contribution in [3.63, 3.8) is 0 Å². The highest BCUT2D eigenvalue weighted by atomic mass is 16.5. The lowest BCUT2D eigenvalue weighted by atomic mass is 9.79. The zero-order chi connectivity index (χ0) is 13.4. The number of aromatic nitrogens is 1. The van der Waals surface area contributed by atoms with E-state index in [0.717, 1.165) is 16.7 Å². The third-order valence-electron chi connectivity index (χ3n) is 3.28. The SMILES string of the molecule is CNC(=O)c1cccn1-c1ccc2c(c1)B(O)OC2. The Morgan fingerprint density at radius 1 is 1.47 bits per heavy atom. The van der Waals surface area contributed by atoms with Crippen LogP contribution in [-0.4, -0.2) is 29.7 Å². The summed E-state index contributed by atoms with van der Waals surface area (Å²) >= 11 is 0. The van der Waals surface area contributed by atoms with Crippen molar-refractivity contribution in [3.8, 4) is 5.69 Å². The fourth-order valence-corrected chi connectivity index (χ4v) is 2.27. The summed E-state index contributed by atoms with van der Waals surface area (Å²) in [4.78, 5) is 11.8. The summed E-state index contributed by atoms with van der Waals surface area (Å²) in [5.41, 5.74) is 3.11. The molecule has 0 saturated heterocycles. The normalized spacial score (nSPS) is 13.5. The molecule has 1 aromatic carbocycles. The van der Waals surface area contributed by atoms with Crippen LogP contribution in [0, 0.1) is 0 Å². The molecule has 0 unspecified atom stereocenters. The molecular formula is C13H13BN2O3. The fourth-order valence-electron chi connectivity index (χ4n) is 2.27. The summed E-state index contributed by atoms with van der Waals surface area (Å²) in [7, 11) is 0.717. The predicted octanol–water partition coefficient (Wildman–Crippen LogP) is 0.0546. The minimum atomic E-state index is -0.881. The maximum atomic E-state index is 11.8. The van der Waals surface area contributed by atoms with Gasteiger partial charge < -0.3 is 19.6 Å². The van der Waals surface area contributed by atoms with Crippen molar-refractivity contribution >= 4 is 18.5 Å². The van der Waals surface area contributed by atoms with Crippen LogP contribution in [0.5, 0.6) is 0 Å². The van der Waals surface area contributed by atoms with Crippen molar-refractivity contribution in [2.75, 3.05) is 7.05 Å². The number of amides is 1. The van der Waals surface area contributed by atoms with Gasteiger partial charge in [-0.1, -0.05) is 6.07 Å². The maximum absolute atomic E-state index is 11.8. The van der Waals surface area contributed by atoms with Gasteiger partial charge in [0.1, 0.15) is 5.69 Å². The van der Waals surface area contributed by atoms with Crippen LogP contribution in [0.1, 0.15) is 16.1 Å². The molecule has 2 aromatic rings. The molecule has 0 saturated carbocycles. The van der Waals surface area contributed by atoms with E-state index in [1.165, 1.54) is 0 Å². The third kappa shape index (κ3) is 1.95. The van der Waals surface area contributed by atoms with E-state index in [1.807, 2.05) is 30.5 Å². The number of benzene rings is 1. The van der Waals surface area contributed by atoms with Crippen LogP contribution in [-0.2, 0) is 11.3 Å². The smallest absolute Gasteiger partial charge is 0.423 e. The number of hydrogen-bond donors (Lipinski definition) is 2. The summed E-state index contributed by atoms with van der Waals surface area (Å²) in [5.74, 6) is -0.151. The maximum Gasteiger partial charge on any atom is 0.491 e. The molecule has 2 N–H and O–H groups in total. The molecule has 19 heavy (non-hydrogen) atoms. The number of hydrogen-bond acceptors (Lipinski definition) is 3. The second-order valence-corrected chi connectivity index (χ2v) is 4.39. The van der Waals surface area contributed by atoms with Gasteiger partial charge in [-0.15, -0.1) is 0 Å². The Morgan fingerprint density at radius 3 is 3.11 bits per heavy atom. The van der Waals surface area contributed by atoms with E-state index in [9.17, 15) is 9.82 Å². The average Bonchev–Trinajstić information content (AvgIpc) is 3.05. The van der Waals surface area contributed by atoms with Gasteiger partial charge in [-0.25, -0.2) is 0 Å². The van der Waals surface area contributed by atoms with Gasteiger partial charge in [0.2, 0.25) is 0 Å². The van der Waals surface area contributed by atoms with Gasteiger partial charge >= 0.3 is 7.12 Å². The molecule has 0 atom stereocenters. The Bertz CT molecular complexity index is 639. The Kier molecular flexibility index (Phi) is 2.89. The molecule has 3 rings (SSSR count). The minimum absolute atomic E-state index is 0.151. The van der Waals surface area contributed by atoms with E-state index in [0.29, 0.717) is 12.3 Å². The Morgan fingerprint density at radius 2 is 2.32 bits per heavy atom. The van der Waals surface area contributed by atoms with E-state index in [1.54, 1.807) is 17.7 Å². The molecule has 0 radical (unpaired) electrons. The number of carbonyl (C=O) groups is 1. The summed E-state index contributed by atoms with van der Waals surface area (Å²) in [5, 5.41) is 12.3. The lowest BCUT2D eigenvalue weighted by Crippen LogP contribution is -2.28. The zero-order valence-electron chi connectivity index (χ0n) is 10.5. The molecule has 0 bridgehead atoms. The van der Waals surface area contributed by atoms with Crippen LogP contribution in [0.25, 0.3) is 5.69 Å². The van der Waals surface area contributed by atoms with Gasteiger partial charge in [-0.2, -0.15) is 0 Å². The Labute approximate surface area is 111 Å². The molecule has 1 aliphatic rings. The van der Waals surface area contributed by atoms with E-state index >= 15 is 0 Å². The van der Waals surface area contributed by atoms with Crippen molar-refractivity contribution in [2.45, 2.75) is 6.61 Å². The van der Waals surface area contributed by atoms with Crippen molar-refractivity contribution in [1.82, 2.24) is 9.88 Å². The van der Waals surface area contributed by atoms with Crippen LogP contribution >= 0.6 is 0 Å². The average molecular weight is 256 g/mol. The third-order valence-corrected chi connectivity index (χ3v) is 3.28. The topological polar surface area (TPSA) is 63.5 Å². The molecule has 0 fully saturated rings. The molecular weight excluding hydrogens is 243 g/mol. The minimum Gasteiger partial charge on any atom is -0.423 e. The highest BCUT2D eigenvalue weighted by Crippen LogP contribution is 2.16. The zero-order valence-corrected chi connectivity index (χ0v) is 10.5. The highest BCUT2D eigenvalue weighted by molar-refractivity contribution is 6.61. The number of nitrogens with zero attached hydrogens (tertiary/aromatic N) is 1. The van der Waals surface area contributed by atoms with Crippen molar-refractivity contribution < 1.29 is 14.5 Å². The van der Waals surface area contributed by atoms with Crippen molar-refractivity contribution in [1.29, 1.82) is 0 Å². The second-order valence-electron chi connectivity index (χ2n) is 4.39. The molecule has 6 heteroatoms. The Balaban J connectivity index is 2.06. The first-order valence-electron chi connectivity index (χ1n) is 6.03. The van der Waals surface area contributed by atoms with E-state index in [-0.39, 0.29) is 5.91 Å². The predicted molar refractivity (Wildman–Crippen MR) is 71.6 cm³/mol. The van der Waals surface area contributed by atoms with Crippen LogP contribution < -0.4 is 10.8 Å². The standard InChI is InChI=1S/C13H13BN2O3/c1-15-13(17)12-3-2-6-16(12)10-5-4-9-8-19-14(18)11(9)7-10/h2-7,18H,8H2,1H3,(H,15,17). The monoisotopic (exact) mass is 256 g/mol. The molecule has 1 amide bonds. The van der Waals surface area contributed by atoms with Gasteiger partial charge in [0.05, 0.1) is 6.61 Å². The van der Waals surface area contributed by atoms with E-state index < -0.39 is 7.12 Å². The first-order valence-corrected chi connectivity index (χ1v) is 6.03. The summed E-state index contributed by atoms with van der Waals surface area (Å²) in [6.45, 7) is 0.421. The summed E-state index contributed by atoms with van der Waals surface area (Å²) < 4.78 is 6.94. The molecule has 1 aromatic heterocycles. The van der Waals surface area contributed by atoms with Crippen LogP contribution in [0.15, 0.2) is 36.5 Å². The largest absolute Gasteiger partial charge is 0.491 e. The van der Waals surface area contributed by atoms with Crippen molar-refractivity contribution in [3.05, 3.63) is 47.8 Å². The van der Waals surface area contributed by atoms with E-state index in [4.69, 9.17) is 4.65 Å². The van der Waals surface area contributed by atoms with Gasteiger partial charge in [-0.3, -0.25) is 4.79 Å². The number of carbonyl (C=O) groups excluding carboxylic acids is 1. The molecule has 96 valence electrons. The second kappa shape index (κ2) is 4.57. The first-order chi connectivity index (χ1) is 9.20. The van der Waals surface area contributed by atoms with Crippen molar-refractivity contribution in [2.24, 2.45) is 0 Å². The van der Waals surface area contributed by atoms with E-state index in [2.05, 4.69) is 5.32 Å².